The Morgan fingerprint density at radius 1 is 0.893 bits per heavy atom. The van der Waals surface area contributed by atoms with Gasteiger partial charge in [0.25, 0.3) is 11.1 Å². The minimum atomic E-state index is -0.239. The van der Waals surface area contributed by atoms with Gasteiger partial charge in [-0.2, -0.15) is 0 Å². The lowest BCUT2D eigenvalue weighted by Crippen LogP contribution is -2.39. The van der Waals surface area contributed by atoms with E-state index in [2.05, 4.69) is 63.8 Å². The predicted octanol–water partition coefficient (Wildman–Crippen LogP) is 10.1. The van der Waals surface area contributed by atoms with Crippen LogP contribution in [0.15, 0.2) is 89.7 Å². The van der Waals surface area contributed by atoms with Crippen LogP contribution >= 0.6 is 46.6 Å². The molecule has 56 heavy (non-hydrogen) atoms. The van der Waals surface area contributed by atoms with E-state index in [1.54, 1.807) is 57.8 Å². The predicted molar refractivity (Wildman–Crippen MR) is 224 cm³/mol. The van der Waals surface area contributed by atoms with E-state index in [0.717, 1.165) is 68.5 Å². The van der Waals surface area contributed by atoms with Gasteiger partial charge in [0.2, 0.25) is 5.91 Å². The van der Waals surface area contributed by atoms with E-state index < -0.39 is 0 Å². The molecule has 2 fully saturated rings. The molecule has 2 aromatic carbocycles. The van der Waals surface area contributed by atoms with E-state index in [0.29, 0.717) is 49.2 Å². The van der Waals surface area contributed by atoms with Gasteiger partial charge in [0, 0.05) is 42.8 Å². The minimum absolute atomic E-state index is 0.227. The Labute approximate surface area is 345 Å². The maximum absolute atomic E-state index is 12.3. The van der Waals surface area contributed by atoms with Crippen molar-refractivity contribution in [2.45, 2.75) is 91.5 Å². The minimum Gasteiger partial charge on any atom is -0.469 e. The average molecular weight is 835 g/mol. The van der Waals surface area contributed by atoms with Crippen LogP contribution in [0.5, 0.6) is 0 Å². The molecule has 11 nitrogen and oxygen atoms in total. The maximum atomic E-state index is 12.3. The summed E-state index contributed by atoms with van der Waals surface area (Å²) in [6.07, 6.45) is 7.74. The van der Waals surface area contributed by atoms with Crippen molar-refractivity contribution < 1.29 is 23.2 Å². The quantitative estimate of drug-likeness (QED) is 0.0794. The van der Waals surface area contributed by atoms with E-state index >= 15 is 0 Å². The molecule has 0 atom stereocenters. The first-order chi connectivity index (χ1) is 27.3. The summed E-state index contributed by atoms with van der Waals surface area (Å²) in [5.74, 6) is 5.43. The first kappa shape index (κ1) is 41.8. The largest absolute Gasteiger partial charge is 0.469 e. The van der Waals surface area contributed by atoms with Gasteiger partial charge in [-0.1, -0.05) is 128 Å². The molecule has 0 spiro atoms. The monoisotopic (exact) mass is 834 g/mol. The third-order valence-corrected chi connectivity index (χ3v) is 14.1. The Bertz CT molecular complexity index is 1940. The highest BCUT2D eigenvalue weighted by Gasteiger charge is 2.25. The van der Waals surface area contributed by atoms with Crippen LogP contribution < -0.4 is 5.32 Å². The van der Waals surface area contributed by atoms with Gasteiger partial charge in [0.05, 0.1) is 11.8 Å². The molecule has 298 valence electrons. The van der Waals surface area contributed by atoms with Crippen LogP contribution in [-0.4, -0.2) is 68.4 Å². The number of likely N-dealkylation sites (tertiary alicyclic amines) is 1. The molecule has 5 aromatic rings. The zero-order valence-electron chi connectivity index (χ0n) is 32.2. The van der Waals surface area contributed by atoms with E-state index in [1.165, 1.54) is 24.0 Å². The molecular weight excluding hydrogens is 785 g/mol. The molecule has 0 unspecified atom stereocenters. The molecule has 1 saturated heterocycles. The molecule has 2 amide bonds. The number of hydrogen-bond donors (Lipinski definition) is 1. The Kier molecular flexibility index (Phi) is 16.2. The van der Waals surface area contributed by atoms with Crippen molar-refractivity contribution in [2.24, 2.45) is 11.8 Å². The topological polar surface area (TPSA) is 136 Å². The van der Waals surface area contributed by atoms with Gasteiger partial charge in [0.1, 0.15) is 12.4 Å². The number of nitrogens with one attached hydrogen (secondary N) is 1. The highest BCUT2D eigenvalue weighted by atomic mass is 32.2. The van der Waals surface area contributed by atoms with Crippen molar-refractivity contribution in [1.82, 2.24) is 30.6 Å². The second kappa shape index (κ2) is 21.7. The van der Waals surface area contributed by atoms with Crippen molar-refractivity contribution in [3.8, 4) is 11.5 Å². The van der Waals surface area contributed by atoms with Crippen LogP contribution in [-0.2, 0) is 21.9 Å². The average Bonchev–Trinajstić information content (AvgIpc) is 4.07. The van der Waals surface area contributed by atoms with Crippen LogP contribution in [0, 0.1) is 18.8 Å². The summed E-state index contributed by atoms with van der Waals surface area (Å²) in [7, 11) is 0. The summed E-state index contributed by atoms with van der Waals surface area (Å²) in [5.41, 5.74) is 4.50. The lowest BCUT2D eigenvalue weighted by molar-refractivity contribution is -0.124. The van der Waals surface area contributed by atoms with E-state index in [4.69, 9.17) is 13.6 Å². The van der Waals surface area contributed by atoms with Crippen LogP contribution in [0.3, 0.4) is 0 Å². The summed E-state index contributed by atoms with van der Waals surface area (Å²) in [6, 6.07) is 20.4. The lowest BCUT2D eigenvalue weighted by atomic mass is 9.99. The third kappa shape index (κ3) is 12.9. The number of amides is 2. The second-order valence-corrected chi connectivity index (χ2v) is 18.7. The van der Waals surface area contributed by atoms with Crippen molar-refractivity contribution >= 4 is 58.6 Å². The lowest BCUT2D eigenvalue weighted by Gasteiger charge is -2.30. The number of rotatable bonds is 15. The zero-order chi connectivity index (χ0) is 39.1. The second-order valence-electron chi connectivity index (χ2n) is 14.2. The summed E-state index contributed by atoms with van der Waals surface area (Å²) in [6.45, 7) is 8.72. The first-order valence-corrected chi connectivity index (χ1v) is 23.0. The van der Waals surface area contributed by atoms with Gasteiger partial charge < -0.3 is 23.8 Å². The zero-order valence-corrected chi connectivity index (χ0v) is 35.5. The number of furan rings is 1. The third-order valence-electron chi connectivity index (χ3n) is 9.77. The molecule has 7 rings (SSSR count). The van der Waals surface area contributed by atoms with Crippen LogP contribution in [0.25, 0.3) is 11.5 Å². The fourth-order valence-corrected chi connectivity index (χ4v) is 10.2. The number of nitrogens with zero attached hydrogens (tertiary/aromatic N) is 5. The van der Waals surface area contributed by atoms with Gasteiger partial charge in [-0.25, -0.2) is 4.79 Å². The number of ether oxygens (including phenoxy) is 1. The summed E-state index contributed by atoms with van der Waals surface area (Å²) < 4.78 is 18.4. The number of piperidine rings is 1. The fraction of sp³-hybridized carbons (Fsp3) is 0.463. The highest BCUT2D eigenvalue weighted by Crippen LogP contribution is 2.32. The SMILES string of the molecule is CC(C)c1ccc(CSc2nnc(SCCNC(=O)C3CCCC3)s2)cc1.Cc1occc1-c1nnc(SCC2CCN(C(=O)OCc3ccccc3)CC2)o1. The Morgan fingerprint density at radius 3 is 2.32 bits per heavy atom. The Hall–Kier alpha value is -3.79. The molecule has 0 bridgehead atoms. The standard InChI is InChI=1S/C21H23N3O4S.C20H27N3OS3/c1-15-18(9-12-26-15)19-22-23-20(28-19)29-14-17-7-10-24(11-8-17)21(25)27-13-16-5-3-2-4-6-16;1-14(2)16-9-7-15(8-10-16)13-26-20-23-22-19(27-20)25-12-11-21-18(24)17-5-3-4-6-17/h2-6,9,12,17H,7-8,10-11,13-14H2,1H3;7-10,14,17H,3-6,11-13H2,1-2H3,(H,21,24). The molecular formula is C41H50N6O5S4. The molecule has 1 saturated carbocycles. The van der Waals surface area contributed by atoms with Crippen molar-refractivity contribution in [3.05, 3.63) is 89.4 Å². The number of carbonyl (C=O) groups excluding carboxylic acids is 2. The molecule has 1 aliphatic heterocycles. The molecule has 15 heteroatoms. The van der Waals surface area contributed by atoms with Crippen molar-refractivity contribution in [2.75, 3.05) is 31.1 Å². The van der Waals surface area contributed by atoms with Crippen LogP contribution in [0.1, 0.15) is 80.7 Å². The summed E-state index contributed by atoms with van der Waals surface area (Å²) >= 11 is 6.60. The maximum Gasteiger partial charge on any atom is 0.410 e. The van der Waals surface area contributed by atoms with Gasteiger partial charge >= 0.3 is 6.09 Å². The van der Waals surface area contributed by atoms with Gasteiger partial charge in [0.15, 0.2) is 8.68 Å². The molecule has 3 aromatic heterocycles. The van der Waals surface area contributed by atoms with Gasteiger partial charge in [-0.3, -0.25) is 4.79 Å². The fourth-order valence-electron chi connectivity index (χ4n) is 6.37. The Morgan fingerprint density at radius 2 is 1.62 bits per heavy atom. The van der Waals surface area contributed by atoms with Crippen molar-refractivity contribution in [1.29, 1.82) is 0 Å². The number of hydrogen-bond acceptors (Lipinski definition) is 13. The number of thioether (sulfide) groups is 3. The highest BCUT2D eigenvalue weighted by molar-refractivity contribution is 8.02. The number of aryl methyl sites for hydroxylation is 1. The molecule has 0 radical (unpaired) electrons. The van der Waals surface area contributed by atoms with E-state index in [9.17, 15) is 9.59 Å². The summed E-state index contributed by atoms with van der Waals surface area (Å²) in [4.78, 5) is 26.0. The molecule has 4 heterocycles. The first-order valence-electron chi connectivity index (χ1n) is 19.2. The Balaban J connectivity index is 0.000000190. The normalized spacial score (nSPS) is 14.8. The number of benzene rings is 2. The number of carbonyl (C=O) groups is 2. The molecule has 2 aliphatic rings. The van der Waals surface area contributed by atoms with Gasteiger partial charge in [-0.05, 0) is 67.2 Å². The van der Waals surface area contributed by atoms with Gasteiger partial charge in [-0.15, -0.1) is 20.4 Å². The van der Waals surface area contributed by atoms with Crippen molar-refractivity contribution in [3.63, 3.8) is 0 Å². The van der Waals surface area contributed by atoms with Crippen LogP contribution in [0.2, 0.25) is 0 Å². The molecule has 1 N–H and O–H groups in total. The van der Waals surface area contributed by atoms with E-state index in [-0.39, 0.29) is 17.9 Å². The molecule has 1 aliphatic carbocycles. The van der Waals surface area contributed by atoms with Crippen LogP contribution in [0.4, 0.5) is 4.79 Å². The smallest absolute Gasteiger partial charge is 0.410 e. The van der Waals surface area contributed by atoms with E-state index in [1.807, 2.05) is 43.3 Å². The summed E-state index contributed by atoms with van der Waals surface area (Å²) in [5, 5.41) is 20.4. The number of aromatic nitrogens is 4.